The summed E-state index contributed by atoms with van der Waals surface area (Å²) in [7, 11) is 0. The van der Waals surface area contributed by atoms with Gasteiger partial charge in [-0.2, -0.15) is 0 Å². The SMILES string of the molecule is CCCCCCC[C@H](C)C(C)(C)C. The zero-order chi connectivity index (χ0) is 10.3. The first-order chi connectivity index (χ1) is 5.98. The topological polar surface area (TPSA) is 0 Å². The minimum Gasteiger partial charge on any atom is -0.0654 e. The second kappa shape index (κ2) is 6.45. The van der Waals surface area contributed by atoms with E-state index in [4.69, 9.17) is 0 Å². The Bertz CT molecular complexity index is 108. The predicted molar refractivity (Wildman–Crippen MR) is 62.0 cm³/mol. The van der Waals surface area contributed by atoms with Gasteiger partial charge in [0.25, 0.3) is 0 Å². The van der Waals surface area contributed by atoms with Gasteiger partial charge in [-0.1, -0.05) is 73.1 Å². The normalized spacial score (nSPS) is 14.5. The molecule has 0 aromatic rings. The zero-order valence-electron chi connectivity index (χ0n) is 10.3. The molecule has 0 rings (SSSR count). The average molecular weight is 184 g/mol. The molecule has 0 unspecified atom stereocenters. The highest BCUT2D eigenvalue weighted by atomic mass is 14.2. The van der Waals surface area contributed by atoms with Crippen LogP contribution in [0.2, 0.25) is 0 Å². The maximum Gasteiger partial charge on any atom is -0.0357 e. The first-order valence-corrected chi connectivity index (χ1v) is 5.98. The monoisotopic (exact) mass is 184 g/mol. The van der Waals surface area contributed by atoms with Gasteiger partial charge >= 0.3 is 0 Å². The summed E-state index contributed by atoms with van der Waals surface area (Å²) in [5.74, 6) is 0.870. The number of hydrogen-bond acceptors (Lipinski definition) is 0. The van der Waals surface area contributed by atoms with E-state index in [-0.39, 0.29) is 0 Å². The van der Waals surface area contributed by atoms with Crippen LogP contribution in [0.3, 0.4) is 0 Å². The van der Waals surface area contributed by atoms with Crippen molar-refractivity contribution >= 4 is 0 Å². The number of hydrogen-bond donors (Lipinski definition) is 0. The van der Waals surface area contributed by atoms with Gasteiger partial charge in [-0.3, -0.25) is 0 Å². The molecule has 0 saturated heterocycles. The summed E-state index contributed by atoms with van der Waals surface area (Å²) in [5, 5.41) is 0. The van der Waals surface area contributed by atoms with Crippen molar-refractivity contribution in [3.8, 4) is 0 Å². The molecule has 0 radical (unpaired) electrons. The first kappa shape index (κ1) is 13.0. The second-order valence-electron chi connectivity index (χ2n) is 5.47. The molecule has 1 atom stereocenters. The molecular formula is C13H28. The van der Waals surface area contributed by atoms with Gasteiger partial charge in [0.15, 0.2) is 0 Å². The summed E-state index contributed by atoms with van der Waals surface area (Å²) in [6.07, 6.45) is 8.49. The van der Waals surface area contributed by atoms with Gasteiger partial charge in [-0.05, 0) is 11.3 Å². The lowest BCUT2D eigenvalue weighted by Crippen LogP contribution is -2.16. The van der Waals surface area contributed by atoms with E-state index in [1.165, 1.54) is 38.5 Å². The molecule has 0 amide bonds. The van der Waals surface area contributed by atoms with Crippen LogP contribution in [0, 0.1) is 11.3 Å². The van der Waals surface area contributed by atoms with Crippen LogP contribution in [0.4, 0.5) is 0 Å². The lowest BCUT2D eigenvalue weighted by molar-refractivity contribution is 0.240. The smallest absolute Gasteiger partial charge is 0.0357 e. The average Bonchev–Trinajstić information content (AvgIpc) is 2.02. The van der Waals surface area contributed by atoms with Crippen LogP contribution in [0.1, 0.15) is 73.1 Å². The van der Waals surface area contributed by atoms with Gasteiger partial charge in [-0.25, -0.2) is 0 Å². The van der Waals surface area contributed by atoms with E-state index in [1.54, 1.807) is 0 Å². The molecule has 80 valence electrons. The third kappa shape index (κ3) is 7.10. The summed E-state index contributed by atoms with van der Waals surface area (Å²) >= 11 is 0. The number of unbranched alkanes of at least 4 members (excludes halogenated alkanes) is 4. The second-order valence-corrected chi connectivity index (χ2v) is 5.47. The molecule has 0 aromatic carbocycles. The van der Waals surface area contributed by atoms with E-state index in [2.05, 4.69) is 34.6 Å². The molecule has 0 nitrogen and oxygen atoms in total. The Hall–Kier alpha value is 0. The van der Waals surface area contributed by atoms with E-state index >= 15 is 0 Å². The Morgan fingerprint density at radius 1 is 0.923 bits per heavy atom. The maximum atomic E-state index is 2.39. The Labute approximate surface area is 85.1 Å². The lowest BCUT2D eigenvalue weighted by Gasteiger charge is -2.27. The third-order valence-electron chi connectivity index (χ3n) is 3.22. The van der Waals surface area contributed by atoms with Gasteiger partial charge in [-0.15, -0.1) is 0 Å². The zero-order valence-corrected chi connectivity index (χ0v) is 10.3. The summed E-state index contributed by atoms with van der Waals surface area (Å²) in [4.78, 5) is 0. The van der Waals surface area contributed by atoms with Crippen molar-refractivity contribution < 1.29 is 0 Å². The molecule has 13 heavy (non-hydrogen) atoms. The van der Waals surface area contributed by atoms with E-state index in [0.29, 0.717) is 5.41 Å². The van der Waals surface area contributed by atoms with Gasteiger partial charge in [0, 0.05) is 0 Å². The van der Waals surface area contributed by atoms with Crippen LogP contribution < -0.4 is 0 Å². The van der Waals surface area contributed by atoms with Crippen molar-refractivity contribution in [3.05, 3.63) is 0 Å². The molecule has 0 bridgehead atoms. The molecule has 0 N–H and O–H groups in total. The summed E-state index contributed by atoms with van der Waals surface area (Å²) in [6, 6.07) is 0. The molecule has 0 saturated carbocycles. The van der Waals surface area contributed by atoms with Crippen molar-refractivity contribution in [2.24, 2.45) is 11.3 Å². The molecule has 0 heterocycles. The minimum absolute atomic E-state index is 0.505. The molecule has 0 spiro atoms. The standard InChI is InChI=1S/C13H28/c1-6-7-8-9-10-11-12(2)13(3,4)5/h12H,6-11H2,1-5H3/t12-/m0/s1. The molecule has 0 aromatic heterocycles. The highest BCUT2D eigenvalue weighted by molar-refractivity contribution is 4.69. The van der Waals surface area contributed by atoms with Crippen LogP contribution in [0.25, 0.3) is 0 Å². The Morgan fingerprint density at radius 3 is 1.92 bits per heavy atom. The van der Waals surface area contributed by atoms with E-state index in [0.717, 1.165) is 5.92 Å². The predicted octanol–water partition coefficient (Wildman–Crippen LogP) is 5.03. The van der Waals surface area contributed by atoms with Crippen molar-refractivity contribution in [2.75, 3.05) is 0 Å². The molecular weight excluding hydrogens is 156 g/mol. The van der Waals surface area contributed by atoms with Crippen molar-refractivity contribution in [1.82, 2.24) is 0 Å². The maximum absolute atomic E-state index is 2.39. The van der Waals surface area contributed by atoms with Crippen LogP contribution >= 0.6 is 0 Å². The van der Waals surface area contributed by atoms with Crippen molar-refractivity contribution in [2.45, 2.75) is 73.1 Å². The lowest BCUT2D eigenvalue weighted by atomic mass is 9.79. The third-order valence-corrected chi connectivity index (χ3v) is 3.22. The van der Waals surface area contributed by atoms with Crippen molar-refractivity contribution in [1.29, 1.82) is 0 Å². The number of rotatable bonds is 6. The highest BCUT2D eigenvalue weighted by Gasteiger charge is 2.18. The van der Waals surface area contributed by atoms with Gasteiger partial charge < -0.3 is 0 Å². The Kier molecular flexibility index (Phi) is 6.45. The summed E-state index contributed by atoms with van der Waals surface area (Å²) in [6.45, 7) is 11.7. The largest absolute Gasteiger partial charge is 0.0654 e. The Balaban J connectivity index is 3.32. The van der Waals surface area contributed by atoms with Crippen LogP contribution in [0.15, 0.2) is 0 Å². The van der Waals surface area contributed by atoms with Crippen LogP contribution in [-0.2, 0) is 0 Å². The molecule has 0 aliphatic heterocycles. The van der Waals surface area contributed by atoms with Crippen molar-refractivity contribution in [3.63, 3.8) is 0 Å². The quantitative estimate of drug-likeness (QED) is 0.508. The van der Waals surface area contributed by atoms with Gasteiger partial charge in [0.05, 0.1) is 0 Å². The Morgan fingerprint density at radius 2 is 1.46 bits per heavy atom. The summed E-state index contributed by atoms with van der Waals surface area (Å²) < 4.78 is 0. The fourth-order valence-corrected chi connectivity index (χ4v) is 1.49. The molecule has 0 aliphatic carbocycles. The molecule has 0 aliphatic rings. The fraction of sp³-hybridized carbons (Fsp3) is 1.00. The summed E-state index contributed by atoms with van der Waals surface area (Å²) in [5.41, 5.74) is 0.505. The first-order valence-electron chi connectivity index (χ1n) is 5.98. The minimum atomic E-state index is 0.505. The van der Waals surface area contributed by atoms with Gasteiger partial charge in [0.1, 0.15) is 0 Å². The van der Waals surface area contributed by atoms with Gasteiger partial charge in [0.2, 0.25) is 0 Å². The molecule has 0 heteroatoms. The molecule has 0 fully saturated rings. The van der Waals surface area contributed by atoms with Crippen LogP contribution in [-0.4, -0.2) is 0 Å². The highest BCUT2D eigenvalue weighted by Crippen LogP contribution is 2.29. The fourth-order valence-electron chi connectivity index (χ4n) is 1.49. The van der Waals surface area contributed by atoms with Crippen LogP contribution in [0.5, 0.6) is 0 Å². The van der Waals surface area contributed by atoms with E-state index < -0.39 is 0 Å². The van der Waals surface area contributed by atoms with E-state index in [1.807, 2.05) is 0 Å². The van der Waals surface area contributed by atoms with E-state index in [9.17, 15) is 0 Å².